The topological polar surface area (TPSA) is 69.6 Å². The monoisotopic (exact) mass is 237 g/mol. The van der Waals surface area contributed by atoms with E-state index in [1.165, 1.54) is 6.07 Å². The Morgan fingerprint density at radius 2 is 2.12 bits per heavy atom. The van der Waals surface area contributed by atoms with Crippen molar-refractivity contribution in [2.24, 2.45) is 0 Å². The molecule has 0 saturated carbocycles. The molecule has 0 heterocycles. The third-order valence-electron chi connectivity index (χ3n) is 2.94. The van der Waals surface area contributed by atoms with Gasteiger partial charge in [0.15, 0.2) is 0 Å². The number of aromatic hydroxyl groups is 1. The van der Waals surface area contributed by atoms with E-state index in [2.05, 4.69) is 5.32 Å². The number of hydrogen-bond donors (Lipinski definition) is 3. The van der Waals surface area contributed by atoms with Crippen LogP contribution >= 0.6 is 0 Å². The number of nitrogens with one attached hydrogen (secondary N) is 1. The summed E-state index contributed by atoms with van der Waals surface area (Å²) in [6, 6.07) is 4.85. The van der Waals surface area contributed by atoms with Crippen molar-refractivity contribution in [1.82, 2.24) is 5.32 Å². The van der Waals surface area contributed by atoms with Gasteiger partial charge in [-0.2, -0.15) is 0 Å². The molecule has 94 valence electrons. The van der Waals surface area contributed by atoms with Gasteiger partial charge in [0, 0.05) is 0 Å². The van der Waals surface area contributed by atoms with E-state index in [-0.39, 0.29) is 23.8 Å². The van der Waals surface area contributed by atoms with Crippen LogP contribution in [-0.2, 0) is 0 Å². The molecule has 0 aliphatic carbocycles. The van der Waals surface area contributed by atoms with Gasteiger partial charge in [-0.3, -0.25) is 4.79 Å². The first-order valence-corrected chi connectivity index (χ1v) is 5.65. The van der Waals surface area contributed by atoms with Crippen LogP contribution in [0.4, 0.5) is 0 Å². The molecule has 0 fully saturated rings. The van der Waals surface area contributed by atoms with E-state index in [0.29, 0.717) is 6.42 Å². The van der Waals surface area contributed by atoms with Gasteiger partial charge in [-0.25, -0.2) is 0 Å². The second-order valence-electron chi connectivity index (χ2n) is 4.55. The van der Waals surface area contributed by atoms with Crippen LogP contribution in [0.3, 0.4) is 0 Å². The molecule has 0 saturated heterocycles. The van der Waals surface area contributed by atoms with Gasteiger partial charge in [-0.15, -0.1) is 0 Å². The Hall–Kier alpha value is -1.55. The molecule has 4 nitrogen and oxygen atoms in total. The number of carbonyl (C=O) groups is 1. The summed E-state index contributed by atoms with van der Waals surface area (Å²) < 4.78 is 0. The number of phenolic OH excluding ortho intramolecular Hbond substituents is 1. The zero-order valence-corrected chi connectivity index (χ0v) is 10.4. The number of rotatable bonds is 4. The Morgan fingerprint density at radius 3 is 2.65 bits per heavy atom. The normalized spacial score (nSPS) is 14.1. The average molecular weight is 237 g/mol. The largest absolute Gasteiger partial charge is 0.507 e. The van der Waals surface area contributed by atoms with Crippen molar-refractivity contribution in [3.63, 3.8) is 0 Å². The molecule has 0 radical (unpaired) electrons. The molecule has 1 aromatic carbocycles. The van der Waals surface area contributed by atoms with Crippen LogP contribution in [0, 0.1) is 6.92 Å². The molecule has 0 aliphatic rings. The van der Waals surface area contributed by atoms with E-state index < -0.39 is 5.54 Å². The molecule has 1 amide bonds. The zero-order chi connectivity index (χ0) is 13.1. The van der Waals surface area contributed by atoms with Crippen molar-refractivity contribution < 1.29 is 15.0 Å². The van der Waals surface area contributed by atoms with Crippen LogP contribution in [0.1, 0.15) is 36.2 Å². The highest BCUT2D eigenvalue weighted by atomic mass is 16.3. The molecule has 3 N–H and O–H groups in total. The molecule has 1 aromatic rings. The van der Waals surface area contributed by atoms with Gasteiger partial charge >= 0.3 is 0 Å². The first-order valence-electron chi connectivity index (χ1n) is 5.65. The lowest BCUT2D eigenvalue weighted by molar-refractivity contribution is 0.0844. The third-order valence-corrected chi connectivity index (χ3v) is 2.94. The lowest BCUT2D eigenvalue weighted by Crippen LogP contribution is -2.48. The lowest BCUT2D eigenvalue weighted by Gasteiger charge is -2.27. The third kappa shape index (κ3) is 3.20. The van der Waals surface area contributed by atoms with Crippen LogP contribution < -0.4 is 5.32 Å². The number of aliphatic hydroxyl groups is 1. The standard InChI is InChI=1S/C13H19NO3/c1-4-13(3,8-15)14-12(17)10-7-9(2)5-6-11(10)16/h5-7,15-16H,4,8H2,1-3H3,(H,14,17). The van der Waals surface area contributed by atoms with Gasteiger partial charge in [-0.1, -0.05) is 18.6 Å². The van der Waals surface area contributed by atoms with Crippen molar-refractivity contribution in [2.45, 2.75) is 32.7 Å². The highest BCUT2D eigenvalue weighted by Gasteiger charge is 2.24. The quantitative estimate of drug-likeness (QED) is 0.744. The van der Waals surface area contributed by atoms with Crippen LogP contribution in [0.25, 0.3) is 0 Å². The fourth-order valence-corrected chi connectivity index (χ4v) is 1.41. The van der Waals surface area contributed by atoms with Crippen LogP contribution in [0.2, 0.25) is 0 Å². The Balaban J connectivity index is 2.94. The lowest BCUT2D eigenvalue weighted by atomic mass is 9.99. The highest BCUT2D eigenvalue weighted by molar-refractivity contribution is 5.97. The number of hydrogen-bond acceptors (Lipinski definition) is 3. The summed E-state index contributed by atoms with van der Waals surface area (Å²) in [7, 11) is 0. The second-order valence-corrected chi connectivity index (χ2v) is 4.55. The SMILES string of the molecule is CCC(C)(CO)NC(=O)c1cc(C)ccc1O. The van der Waals surface area contributed by atoms with Crippen molar-refractivity contribution in [1.29, 1.82) is 0 Å². The van der Waals surface area contributed by atoms with E-state index in [1.54, 1.807) is 19.1 Å². The fraction of sp³-hybridized carbons (Fsp3) is 0.462. The summed E-state index contributed by atoms with van der Waals surface area (Å²) in [5.74, 6) is -0.422. The Morgan fingerprint density at radius 1 is 1.47 bits per heavy atom. The van der Waals surface area contributed by atoms with Gasteiger partial charge in [0.1, 0.15) is 5.75 Å². The first kappa shape index (κ1) is 13.5. The predicted octanol–water partition coefficient (Wildman–Crippen LogP) is 1.59. The molecule has 1 rings (SSSR count). The highest BCUT2D eigenvalue weighted by Crippen LogP contribution is 2.19. The van der Waals surface area contributed by atoms with E-state index in [0.717, 1.165) is 5.56 Å². The molecule has 0 aliphatic heterocycles. The molecular weight excluding hydrogens is 218 g/mol. The molecule has 0 bridgehead atoms. The summed E-state index contributed by atoms with van der Waals surface area (Å²) in [4.78, 5) is 12.0. The summed E-state index contributed by atoms with van der Waals surface area (Å²) in [5, 5.41) is 21.6. The summed E-state index contributed by atoms with van der Waals surface area (Å²) in [6.45, 7) is 5.35. The van der Waals surface area contributed by atoms with Gasteiger partial charge in [0.2, 0.25) is 0 Å². The number of carbonyl (C=O) groups excluding carboxylic acids is 1. The summed E-state index contributed by atoms with van der Waals surface area (Å²) in [6.07, 6.45) is 0.613. The molecular formula is C13H19NO3. The Labute approximate surface area is 101 Å². The van der Waals surface area contributed by atoms with Crippen molar-refractivity contribution in [2.75, 3.05) is 6.61 Å². The van der Waals surface area contributed by atoms with Gasteiger partial charge in [0.25, 0.3) is 5.91 Å². The molecule has 0 spiro atoms. The molecule has 4 heteroatoms. The maximum Gasteiger partial charge on any atom is 0.255 e. The first-order chi connectivity index (χ1) is 7.91. The number of aryl methyl sites for hydroxylation is 1. The maximum absolute atomic E-state index is 12.0. The minimum Gasteiger partial charge on any atom is -0.507 e. The van der Waals surface area contributed by atoms with Crippen LogP contribution in [0.15, 0.2) is 18.2 Å². The number of phenols is 1. The van der Waals surface area contributed by atoms with Crippen LogP contribution in [-0.4, -0.2) is 28.3 Å². The van der Waals surface area contributed by atoms with Crippen molar-refractivity contribution in [3.05, 3.63) is 29.3 Å². The van der Waals surface area contributed by atoms with Crippen molar-refractivity contribution >= 4 is 5.91 Å². The van der Waals surface area contributed by atoms with E-state index in [1.807, 2.05) is 13.8 Å². The Kier molecular flexibility index (Phi) is 4.12. The minimum absolute atomic E-state index is 0.0514. The fourth-order valence-electron chi connectivity index (χ4n) is 1.41. The maximum atomic E-state index is 12.0. The Bertz CT molecular complexity index is 411. The molecule has 1 atom stereocenters. The predicted molar refractivity (Wildman–Crippen MR) is 66.1 cm³/mol. The second kappa shape index (κ2) is 5.19. The summed E-state index contributed by atoms with van der Waals surface area (Å²) in [5.41, 5.74) is 0.473. The number of aliphatic hydroxyl groups excluding tert-OH is 1. The molecule has 1 unspecified atom stereocenters. The minimum atomic E-state index is -0.659. The smallest absolute Gasteiger partial charge is 0.255 e. The molecule has 17 heavy (non-hydrogen) atoms. The number of benzene rings is 1. The zero-order valence-electron chi connectivity index (χ0n) is 10.4. The van der Waals surface area contributed by atoms with Crippen molar-refractivity contribution in [3.8, 4) is 5.75 Å². The molecule has 0 aromatic heterocycles. The van der Waals surface area contributed by atoms with E-state index >= 15 is 0 Å². The summed E-state index contributed by atoms with van der Waals surface area (Å²) >= 11 is 0. The van der Waals surface area contributed by atoms with Gasteiger partial charge in [0.05, 0.1) is 17.7 Å². The van der Waals surface area contributed by atoms with E-state index in [4.69, 9.17) is 0 Å². The van der Waals surface area contributed by atoms with Crippen LogP contribution in [0.5, 0.6) is 5.75 Å². The van der Waals surface area contributed by atoms with E-state index in [9.17, 15) is 15.0 Å². The average Bonchev–Trinajstić information content (AvgIpc) is 2.32. The van der Waals surface area contributed by atoms with Gasteiger partial charge in [-0.05, 0) is 32.4 Å². The number of amides is 1. The van der Waals surface area contributed by atoms with Gasteiger partial charge < -0.3 is 15.5 Å².